The van der Waals surface area contributed by atoms with Gasteiger partial charge in [0.15, 0.2) is 0 Å². The highest BCUT2D eigenvalue weighted by Gasteiger charge is 2.45. The Morgan fingerprint density at radius 2 is 1.82 bits per heavy atom. The molecule has 0 bridgehead atoms. The predicted molar refractivity (Wildman–Crippen MR) is 135 cm³/mol. The van der Waals surface area contributed by atoms with Crippen LogP contribution in [0.2, 0.25) is 0 Å². The number of rotatable bonds is 3. The smallest absolute Gasteiger partial charge is 0.320 e. The highest BCUT2D eigenvalue weighted by Crippen LogP contribution is 2.54. The maximum atomic E-state index is 13.4. The summed E-state index contributed by atoms with van der Waals surface area (Å²) in [5, 5.41) is 0. The number of para-hydroxylation sites is 1. The lowest BCUT2D eigenvalue weighted by Crippen LogP contribution is -2.46. The normalized spacial score (nSPS) is 23.0. The van der Waals surface area contributed by atoms with Crippen LogP contribution in [0.1, 0.15) is 76.1 Å². The second-order valence-corrected chi connectivity index (χ2v) is 11.3. The third-order valence-corrected chi connectivity index (χ3v) is 8.12. The van der Waals surface area contributed by atoms with Crippen LogP contribution in [0, 0.1) is 12.8 Å². The van der Waals surface area contributed by atoms with Crippen molar-refractivity contribution in [2.45, 2.75) is 78.1 Å². The number of carbonyl (C=O) groups is 1. The molecule has 0 fully saturated rings. The van der Waals surface area contributed by atoms with E-state index in [1.54, 1.807) is 0 Å². The van der Waals surface area contributed by atoms with Gasteiger partial charge in [-0.1, -0.05) is 52.8 Å². The van der Waals surface area contributed by atoms with Gasteiger partial charge in [-0.3, -0.25) is 9.79 Å². The molecule has 174 valence electrons. The fraction of sp³-hybridized carbons (Fsp3) is 0.517. The Bertz CT molecular complexity index is 1160. The van der Waals surface area contributed by atoms with Crippen LogP contribution in [-0.4, -0.2) is 24.8 Å². The first-order chi connectivity index (χ1) is 15.6. The molecule has 0 radical (unpaired) electrons. The van der Waals surface area contributed by atoms with Crippen molar-refractivity contribution in [3.63, 3.8) is 0 Å². The minimum absolute atomic E-state index is 0.0186. The van der Waals surface area contributed by atoms with Gasteiger partial charge in [0.1, 0.15) is 5.75 Å². The summed E-state index contributed by atoms with van der Waals surface area (Å²) >= 11 is 0. The van der Waals surface area contributed by atoms with Gasteiger partial charge in [-0.05, 0) is 72.3 Å². The van der Waals surface area contributed by atoms with Crippen LogP contribution in [0.5, 0.6) is 5.75 Å². The molecule has 0 saturated carbocycles. The van der Waals surface area contributed by atoms with Crippen molar-refractivity contribution in [1.29, 1.82) is 0 Å². The van der Waals surface area contributed by atoms with Crippen LogP contribution < -0.4 is 9.64 Å². The molecular formula is C29H36N2O2. The van der Waals surface area contributed by atoms with Crippen LogP contribution in [0.3, 0.4) is 0 Å². The van der Waals surface area contributed by atoms with E-state index in [4.69, 9.17) is 9.73 Å². The minimum atomic E-state index is -0.332. The first-order valence-electron chi connectivity index (χ1n) is 12.4. The zero-order valence-electron chi connectivity index (χ0n) is 20.9. The number of esters is 1. The molecule has 0 aliphatic carbocycles. The molecule has 2 aromatic rings. The molecular weight excluding hydrogens is 408 g/mol. The van der Waals surface area contributed by atoms with Gasteiger partial charge < -0.3 is 9.64 Å². The zero-order valence-corrected chi connectivity index (χ0v) is 20.9. The van der Waals surface area contributed by atoms with Gasteiger partial charge in [-0.25, -0.2) is 0 Å². The molecule has 0 spiro atoms. The van der Waals surface area contributed by atoms with Crippen LogP contribution in [0.25, 0.3) is 0 Å². The quantitative estimate of drug-likeness (QED) is 0.311. The predicted octanol–water partition coefficient (Wildman–Crippen LogP) is 6.42. The Kier molecular flexibility index (Phi) is 5.19. The van der Waals surface area contributed by atoms with Gasteiger partial charge >= 0.3 is 5.97 Å². The topological polar surface area (TPSA) is 41.9 Å². The number of hydrogen-bond acceptors (Lipinski definition) is 4. The van der Waals surface area contributed by atoms with E-state index in [1.807, 2.05) is 18.2 Å². The number of aryl methyl sites for hydroxylation is 1. The first-order valence-corrected chi connectivity index (χ1v) is 12.4. The molecule has 4 nitrogen and oxygen atoms in total. The maximum absolute atomic E-state index is 13.4. The Morgan fingerprint density at radius 3 is 2.52 bits per heavy atom. The number of carbonyl (C=O) groups excluding carboxylic acids is 1. The monoisotopic (exact) mass is 444 g/mol. The Hall–Kier alpha value is -2.62. The number of aliphatic imine (C=N–C) groups is 1. The molecule has 0 saturated heterocycles. The number of anilines is 1. The first kappa shape index (κ1) is 22.2. The zero-order chi connectivity index (χ0) is 23.5. The SMILES string of the molecule is CCC(=Nc1ccccc1C)C1Cc2cc3c4c(c2OC1=O)C(C)(C)CCN4CCC3(C)C. The van der Waals surface area contributed by atoms with E-state index in [9.17, 15) is 4.79 Å². The van der Waals surface area contributed by atoms with Crippen molar-refractivity contribution < 1.29 is 9.53 Å². The van der Waals surface area contributed by atoms with Gasteiger partial charge in [-0.15, -0.1) is 0 Å². The molecule has 0 amide bonds. The lowest BCUT2D eigenvalue weighted by molar-refractivity contribution is -0.137. The van der Waals surface area contributed by atoms with Crippen molar-refractivity contribution in [2.75, 3.05) is 18.0 Å². The summed E-state index contributed by atoms with van der Waals surface area (Å²) in [5.74, 6) is 0.339. The Labute approximate surface area is 198 Å². The van der Waals surface area contributed by atoms with Gasteiger partial charge in [0, 0.05) is 30.1 Å². The van der Waals surface area contributed by atoms with Crippen LogP contribution in [0.4, 0.5) is 11.4 Å². The summed E-state index contributed by atoms with van der Waals surface area (Å²) in [7, 11) is 0. The molecule has 3 heterocycles. The highest BCUT2D eigenvalue weighted by atomic mass is 16.5. The van der Waals surface area contributed by atoms with E-state index < -0.39 is 0 Å². The van der Waals surface area contributed by atoms with E-state index in [2.05, 4.69) is 58.6 Å². The third-order valence-electron chi connectivity index (χ3n) is 8.12. The van der Waals surface area contributed by atoms with Crippen molar-refractivity contribution >= 4 is 23.1 Å². The van der Waals surface area contributed by atoms with Gasteiger partial charge in [0.2, 0.25) is 0 Å². The molecule has 4 heteroatoms. The van der Waals surface area contributed by atoms with Crippen LogP contribution in [0.15, 0.2) is 35.3 Å². The van der Waals surface area contributed by atoms with Gasteiger partial charge in [-0.2, -0.15) is 0 Å². The second kappa shape index (κ2) is 7.72. The van der Waals surface area contributed by atoms with Gasteiger partial charge in [0.25, 0.3) is 0 Å². The van der Waals surface area contributed by atoms with Gasteiger partial charge in [0.05, 0.1) is 11.6 Å². The molecule has 3 aliphatic rings. The Balaban J connectivity index is 1.64. The van der Waals surface area contributed by atoms with Crippen molar-refractivity contribution in [2.24, 2.45) is 10.9 Å². The highest BCUT2D eigenvalue weighted by molar-refractivity contribution is 6.05. The average Bonchev–Trinajstić information content (AvgIpc) is 2.76. The number of nitrogens with zero attached hydrogens (tertiary/aromatic N) is 2. The van der Waals surface area contributed by atoms with Crippen molar-refractivity contribution in [3.8, 4) is 5.75 Å². The minimum Gasteiger partial charge on any atom is -0.425 e. The molecule has 33 heavy (non-hydrogen) atoms. The molecule has 1 unspecified atom stereocenters. The lowest BCUT2D eigenvalue weighted by Gasteiger charge is -2.49. The average molecular weight is 445 g/mol. The van der Waals surface area contributed by atoms with E-state index in [-0.39, 0.29) is 22.7 Å². The molecule has 3 aliphatic heterocycles. The molecule has 0 N–H and O–H groups in total. The second-order valence-electron chi connectivity index (χ2n) is 11.3. The summed E-state index contributed by atoms with van der Waals surface area (Å²) < 4.78 is 6.22. The Morgan fingerprint density at radius 1 is 1.12 bits per heavy atom. The summed E-state index contributed by atoms with van der Waals surface area (Å²) in [6, 6.07) is 10.5. The fourth-order valence-corrected chi connectivity index (χ4v) is 5.85. The maximum Gasteiger partial charge on any atom is 0.320 e. The standard InChI is InChI=1S/C29H36N2O2/c1-7-22(30-23-11-9-8-10-18(23)2)20-16-19-17-21-25-24(26(19)33-27(20)32)29(5,6)13-15-31(25)14-12-28(21,3)4/h8-11,17,20H,7,12-16H2,1-6H3. The molecule has 1 atom stereocenters. The van der Waals surface area contributed by atoms with E-state index >= 15 is 0 Å². The molecule has 5 rings (SSSR count). The summed E-state index contributed by atoms with van der Waals surface area (Å²) in [5.41, 5.74) is 8.22. The number of benzene rings is 2. The molecule has 2 aromatic carbocycles. The van der Waals surface area contributed by atoms with E-state index in [0.29, 0.717) is 6.42 Å². The fourth-order valence-electron chi connectivity index (χ4n) is 5.85. The van der Waals surface area contributed by atoms with Crippen molar-refractivity contribution in [1.82, 2.24) is 0 Å². The number of ether oxygens (including phenoxy) is 1. The van der Waals surface area contributed by atoms with Crippen LogP contribution in [-0.2, 0) is 22.0 Å². The summed E-state index contributed by atoms with van der Waals surface area (Å²) in [6.07, 6.45) is 3.62. The summed E-state index contributed by atoms with van der Waals surface area (Å²) in [4.78, 5) is 20.9. The largest absolute Gasteiger partial charge is 0.425 e. The third kappa shape index (κ3) is 3.59. The van der Waals surface area contributed by atoms with Crippen LogP contribution >= 0.6 is 0 Å². The lowest BCUT2D eigenvalue weighted by atomic mass is 9.68. The molecule has 0 aromatic heterocycles. The number of hydrogen-bond donors (Lipinski definition) is 0. The van der Waals surface area contributed by atoms with E-state index in [1.165, 1.54) is 22.4 Å². The summed E-state index contributed by atoms with van der Waals surface area (Å²) in [6.45, 7) is 15.6. The van der Waals surface area contributed by atoms with Crippen molar-refractivity contribution in [3.05, 3.63) is 52.6 Å². The van der Waals surface area contributed by atoms with E-state index in [0.717, 1.165) is 55.1 Å². The number of fused-ring (bicyclic) bond motifs is 2.